The number of ether oxygens (including phenoxy) is 2. The quantitative estimate of drug-likeness (QED) is 0.762. The third kappa shape index (κ3) is 6.09. The topological polar surface area (TPSA) is 73.6 Å². The van der Waals surface area contributed by atoms with Gasteiger partial charge in [0.05, 0.1) is 11.6 Å². The molecule has 1 aromatic rings. The van der Waals surface area contributed by atoms with Gasteiger partial charge in [0, 0.05) is 18.2 Å². The van der Waals surface area contributed by atoms with Crippen LogP contribution in [-0.4, -0.2) is 38.8 Å². The SMILES string of the molecule is COCC(C)NC(=O)COc1c(Cl)cc(Cl)cc1CCN. The van der Waals surface area contributed by atoms with Crippen LogP contribution in [0.15, 0.2) is 12.1 Å². The van der Waals surface area contributed by atoms with E-state index in [4.69, 9.17) is 38.4 Å². The zero-order valence-electron chi connectivity index (χ0n) is 12.1. The number of carbonyl (C=O) groups excluding carboxylic acids is 1. The van der Waals surface area contributed by atoms with Crippen molar-refractivity contribution in [2.45, 2.75) is 19.4 Å². The maximum absolute atomic E-state index is 11.8. The highest BCUT2D eigenvalue weighted by Gasteiger charge is 2.13. The molecule has 0 radical (unpaired) electrons. The molecule has 1 rings (SSSR count). The molecule has 0 aliphatic carbocycles. The Balaban J connectivity index is 2.68. The molecule has 0 spiro atoms. The van der Waals surface area contributed by atoms with Crippen LogP contribution in [0.2, 0.25) is 10.0 Å². The molecule has 21 heavy (non-hydrogen) atoms. The van der Waals surface area contributed by atoms with Crippen molar-refractivity contribution in [3.05, 3.63) is 27.7 Å². The monoisotopic (exact) mass is 334 g/mol. The van der Waals surface area contributed by atoms with Crippen molar-refractivity contribution in [1.82, 2.24) is 5.32 Å². The predicted molar refractivity (Wildman–Crippen MR) is 84.2 cm³/mol. The number of hydrogen-bond donors (Lipinski definition) is 2. The first-order valence-electron chi connectivity index (χ1n) is 6.57. The Labute approximate surface area is 134 Å². The first kappa shape index (κ1) is 18.0. The lowest BCUT2D eigenvalue weighted by Gasteiger charge is -2.15. The number of nitrogens with one attached hydrogen (secondary N) is 1. The van der Waals surface area contributed by atoms with Gasteiger partial charge in [-0.2, -0.15) is 0 Å². The Bertz CT molecular complexity index is 484. The third-order valence-electron chi connectivity index (χ3n) is 2.67. The first-order valence-corrected chi connectivity index (χ1v) is 7.32. The second-order valence-corrected chi connectivity index (χ2v) is 5.47. The third-order valence-corrected chi connectivity index (χ3v) is 3.17. The summed E-state index contributed by atoms with van der Waals surface area (Å²) >= 11 is 12.1. The number of hydrogen-bond acceptors (Lipinski definition) is 4. The van der Waals surface area contributed by atoms with Gasteiger partial charge in [0.2, 0.25) is 0 Å². The largest absolute Gasteiger partial charge is 0.482 e. The lowest BCUT2D eigenvalue weighted by molar-refractivity contribution is -0.124. The Morgan fingerprint density at radius 3 is 2.76 bits per heavy atom. The van der Waals surface area contributed by atoms with Crippen molar-refractivity contribution < 1.29 is 14.3 Å². The van der Waals surface area contributed by atoms with Gasteiger partial charge in [0.15, 0.2) is 6.61 Å². The summed E-state index contributed by atoms with van der Waals surface area (Å²) < 4.78 is 10.5. The van der Waals surface area contributed by atoms with Crippen molar-refractivity contribution in [2.75, 3.05) is 26.9 Å². The fourth-order valence-electron chi connectivity index (χ4n) is 1.86. The van der Waals surface area contributed by atoms with Gasteiger partial charge in [0.1, 0.15) is 5.75 Å². The van der Waals surface area contributed by atoms with Crippen molar-refractivity contribution in [2.24, 2.45) is 5.73 Å². The summed E-state index contributed by atoms with van der Waals surface area (Å²) in [4.78, 5) is 11.8. The highest BCUT2D eigenvalue weighted by atomic mass is 35.5. The van der Waals surface area contributed by atoms with Crippen LogP contribution in [0.4, 0.5) is 0 Å². The molecule has 0 fully saturated rings. The van der Waals surface area contributed by atoms with E-state index in [2.05, 4.69) is 5.32 Å². The van der Waals surface area contributed by atoms with Crippen LogP contribution in [-0.2, 0) is 16.0 Å². The van der Waals surface area contributed by atoms with Gasteiger partial charge in [-0.15, -0.1) is 0 Å². The Kier molecular flexibility index (Phi) is 7.82. The number of halogens is 2. The van der Waals surface area contributed by atoms with Crippen molar-refractivity contribution in [3.63, 3.8) is 0 Å². The molecule has 0 heterocycles. The molecule has 1 unspecified atom stereocenters. The molecule has 7 heteroatoms. The molecule has 0 aliphatic rings. The molecule has 0 bridgehead atoms. The molecule has 0 aliphatic heterocycles. The van der Waals surface area contributed by atoms with Gasteiger partial charge < -0.3 is 20.5 Å². The summed E-state index contributed by atoms with van der Waals surface area (Å²) in [7, 11) is 1.58. The summed E-state index contributed by atoms with van der Waals surface area (Å²) in [5, 5.41) is 3.62. The molecule has 1 atom stereocenters. The van der Waals surface area contributed by atoms with E-state index in [-0.39, 0.29) is 18.6 Å². The average molecular weight is 335 g/mol. The fourth-order valence-corrected chi connectivity index (χ4v) is 2.45. The van der Waals surface area contributed by atoms with Crippen LogP contribution in [0.25, 0.3) is 0 Å². The lowest BCUT2D eigenvalue weighted by atomic mass is 10.1. The van der Waals surface area contributed by atoms with Gasteiger partial charge in [-0.1, -0.05) is 23.2 Å². The van der Waals surface area contributed by atoms with E-state index in [1.807, 2.05) is 6.92 Å². The Hall–Kier alpha value is -1.01. The maximum atomic E-state index is 11.8. The van der Waals surface area contributed by atoms with Crippen LogP contribution in [0, 0.1) is 0 Å². The summed E-state index contributed by atoms with van der Waals surface area (Å²) in [6.45, 7) is 2.58. The molecule has 5 nitrogen and oxygen atoms in total. The van der Waals surface area contributed by atoms with E-state index in [9.17, 15) is 4.79 Å². The van der Waals surface area contributed by atoms with E-state index in [1.165, 1.54) is 0 Å². The van der Waals surface area contributed by atoms with E-state index >= 15 is 0 Å². The minimum absolute atomic E-state index is 0.0877. The highest BCUT2D eigenvalue weighted by Crippen LogP contribution is 2.32. The number of nitrogens with two attached hydrogens (primary N) is 1. The van der Waals surface area contributed by atoms with Crippen LogP contribution in [0.5, 0.6) is 5.75 Å². The number of amides is 1. The normalized spacial score (nSPS) is 12.0. The maximum Gasteiger partial charge on any atom is 0.258 e. The zero-order valence-corrected chi connectivity index (χ0v) is 13.6. The molecule has 118 valence electrons. The van der Waals surface area contributed by atoms with Gasteiger partial charge in [-0.25, -0.2) is 0 Å². The van der Waals surface area contributed by atoms with Crippen LogP contribution in [0.3, 0.4) is 0 Å². The van der Waals surface area contributed by atoms with Gasteiger partial charge in [0.25, 0.3) is 5.91 Å². The number of benzene rings is 1. The summed E-state index contributed by atoms with van der Waals surface area (Å²) in [6.07, 6.45) is 0.567. The molecule has 1 amide bonds. The Morgan fingerprint density at radius 1 is 1.43 bits per heavy atom. The van der Waals surface area contributed by atoms with Crippen molar-refractivity contribution in [3.8, 4) is 5.75 Å². The van der Waals surface area contributed by atoms with Gasteiger partial charge >= 0.3 is 0 Å². The molecule has 0 saturated heterocycles. The van der Waals surface area contributed by atoms with E-state index in [1.54, 1.807) is 19.2 Å². The highest BCUT2D eigenvalue weighted by molar-refractivity contribution is 6.35. The molecule has 1 aromatic carbocycles. The molecular formula is C14H20Cl2N2O3. The second-order valence-electron chi connectivity index (χ2n) is 4.63. The molecular weight excluding hydrogens is 315 g/mol. The number of carbonyl (C=O) groups is 1. The van der Waals surface area contributed by atoms with Crippen LogP contribution in [0.1, 0.15) is 12.5 Å². The van der Waals surface area contributed by atoms with E-state index < -0.39 is 0 Å². The summed E-state index contributed by atoms with van der Waals surface area (Å²) in [5.74, 6) is 0.199. The predicted octanol–water partition coefficient (Wildman–Crippen LogP) is 2.02. The number of methoxy groups -OCH3 is 1. The summed E-state index contributed by atoms with van der Waals surface area (Å²) in [5.41, 5.74) is 6.33. The van der Waals surface area contributed by atoms with Gasteiger partial charge in [-0.3, -0.25) is 4.79 Å². The standard InChI is InChI=1S/C14H20Cl2N2O3/c1-9(7-20-2)18-13(19)8-21-14-10(3-4-17)5-11(15)6-12(14)16/h5-6,9H,3-4,7-8,17H2,1-2H3,(H,18,19). The zero-order chi connectivity index (χ0) is 15.8. The van der Waals surface area contributed by atoms with Crippen LogP contribution >= 0.6 is 23.2 Å². The van der Waals surface area contributed by atoms with Crippen LogP contribution < -0.4 is 15.8 Å². The Morgan fingerprint density at radius 2 is 2.14 bits per heavy atom. The molecule has 0 aromatic heterocycles. The van der Waals surface area contributed by atoms with E-state index in [0.717, 1.165) is 5.56 Å². The van der Waals surface area contributed by atoms with Crippen molar-refractivity contribution in [1.29, 1.82) is 0 Å². The second kappa shape index (κ2) is 9.10. The van der Waals surface area contributed by atoms with E-state index in [0.29, 0.717) is 35.4 Å². The van der Waals surface area contributed by atoms with Gasteiger partial charge in [-0.05, 0) is 37.6 Å². The number of rotatable bonds is 8. The fraction of sp³-hybridized carbons (Fsp3) is 0.500. The average Bonchev–Trinajstić information content (AvgIpc) is 2.38. The molecule has 0 saturated carbocycles. The summed E-state index contributed by atoms with van der Waals surface area (Å²) in [6, 6.07) is 3.22. The first-order chi connectivity index (χ1) is 9.97. The lowest BCUT2D eigenvalue weighted by Crippen LogP contribution is -2.38. The van der Waals surface area contributed by atoms with Crippen molar-refractivity contribution >= 4 is 29.1 Å². The minimum atomic E-state index is -0.246. The molecule has 3 N–H and O–H groups in total. The smallest absolute Gasteiger partial charge is 0.258 e. The minimum Gasteiger partial charge on any atom is -0.482 e.